The maximum Gasteiger partial charge on any atom is 0.254 e. The van der Waals surface area contributed by atoms with E-state index >= 15 is 0 Å². The van der Waals surface area contributed by atoms with E-state index in [4.69, 9.17) is 0 Å². The van der Waals surface area contributed by atoms with Crippen LogP contribution >= 0.6 is 0 Å². The molecule has 1 amide bonds. The number of hydrogen-bond donors (Lipinski definition) is 1. The summed E-state index contributed by atoms with van der Waals surface area (Å²) in [6.45, 7) is 1.77. The van der Waals surface area contributed by atoms with Gasteiger partial charge in [0.25, 0.3) is 5.91 Å². The summed E-state index contributed by atoms with van der Waals surface area (Å²) in [6.07, 6.45) is 2.94. The summed E-state index contributed by atoms with van der Waals surface area (Å²) in [5, 5.41) is 3.96. The normalized spacial score (nSPS) is 12.3. The minimum absolute atomic E-state index is 0.110. The summed E-state index contributed by atoms with van der Waals surface area (Å²) in [5.41, 5.74) is 1.45. The highest BCUT2D eigenvalue weighted by Crippen LogP contribution is 2.27. The molecular weight excluding hydrogens is 348 g/mol. The molecule has 0 bridgehead atoms. The van der Waals surface area contributed by atoms with Gasteiger partial charge in [-0.15, -0.1) is 0 Å². The van der Waals surface area contributed by atoms with E-state index in [9.17, 15) is 13.6 Å². The van der Waals surface area contributed by atoms with E-state index in [0.717, 1.165) is 5.56 Å². The second-order valence-corrected chi connectivity index (χ2v) is 6.25. The number of nitrogens with zero attached hydrogens (tertiary/aromatic N) is 2. The van der Waals surface area contributed by atoms with Gasteiger partial charge >= 0.3 is 0 Å². The van der Waals surface area contributed by atoms with Gasteiger partial charge in [0.2, 0.25) is 0 Å². The average Bonchev–Trinajstić information content (AvgIpc) is 2.67. The van der Waals surface area contributed by atoms with Crippen molar-refractivity contribution >= 4 is 27.7 Å². The van der Waals surface area contributed by atoms with Crippen molar-refractivity contribution in [1.29, 1.82) is 0 Å². The van der Waals surface area contributed by atoms with Crippen LogP contribution in [0.25, 0.3) is 21.8 Å². The Morgan fingerprint density at radius 2 is 1.59 bits per heavy atom. The molecule has 0 aliphatic rings. The summed E-state index contributed by atoms with van der Waals surface area (Å²) in [6, 6.07) is 12.2. The van der Waals surface area contributed by atoms with E-state index in [1.54, 1.807) is 31.2 Å². The van der Waals surface area contributed by atoms with Crippen LogP contribution in [0.3, 0.4) is 0 Å². The highest BCUT2D eigenvalue weighted by atomic mass is 19.1. The summed E-state index contributed by atoms with van der Waals surface area (Å²) < 4.78 is 28.4. The first-order valence-corrected chi connectivity index (χ1v) is 8.43. The van der Waals surface area contributed by atoms with Crippen molar-refractivity contribution in [1.82, 2.24) is 15.3 Å². The van der Waals surface area contributed by atoms with Gasteiger partial charge in [-0.1, -0.05) is 30.3 Å². The molecule has 4 aromatic rings. The number of carbonyl (C=O) groups excluding carboxylic acids is 1. The van der Waals surface area contributed by atoms with Gasteiger partial charge in [0.05, 0.1) is 22.6 Å². The van der Waals surface area contributed by atoms with Crippen molar-refractivity contribution in [3.05, 3.63) is 83.7 Å². The molecule has 27 heavy (non-hydrogen) atoms. The van der Waals surface area contributed by atoms with Crippen LogP contribution in [0.4, 0.5) is 8.78 Å². The Morgan fingerprint density at radius 3 is 2.33 bits per heavy atom. The molecule has 0 aliphatic heterocycles. The number of amides is 1. The highest BCUT2D eigenvalue weighted by Gasteiger charge is 2.18. The molecular formula is C21H15F2N3O. The number of aromatic nitrogens is 2. The summed E-state index contributed by atoms with van der Waals surface area (Å²) >= 11 is 0. The number of benzene rings is 3. The zero-order valence-corrected chi connectivity index (χ0v) is 14.4. The number of carbonyl (C=O) groups is 1. The standard InChI is InChI=1S/C21H15F2N3O/c1-12(13-6-7-17(22)15-5-3-2-4-14(13)15)26-21(27)16-10-19-20(11-18(16)23)25-9-8-24-19/h2-12H,1H3,(H,26,27). The van der Waals surface area contributed by atoms with Crippen molar-refractivity contribution in [2.45, 2.75) is 13.0 Å². The number of halogens is 2. The van der Waals surface area contributed by atoms with E-state index in [0.29, 0.717) is 21.8 Å². The summed E-state index contributed by atoms with van der Waals surface area (Å²) in [5.74, 6) is -1.57. The largest absolute Gasteiger partial charge is 0.345 e. The molecule has 0 spiro atoms. The molecule has 0 saturated carbocycles. The smallest absolute Gasteiger partial charge is 0.254 e. The molecule has 4 rings (SSSR count). The second-order valence-electron chi connectivity index (χ2n) is 6.25. The van der Waals surface area contributed by atoms with Gasteiger partial charge in [-0.3, -0.25) is 14.8 Å². The Hall–Kier alpha value is -3.41. The Morgan fingerprint density at radius 1 is 0.926 bits per heavy atom. The molecule has 3 aromatic carbocycles. The van der Waals surface area contributed by atoms with Crippen LogP contribution in [0, 0.1) is 11.6 Å². The maximum atomic E-state index is 14.4. The van der Waals surface area contributed by atoms with E-state index in [1.807, 2.05) is 6.07 Å². The Bertz CT molecular complexity index is 1180. The van der Waals surface area contributed by atoms with Gasteiger partial charge in [-0.2, -0.15) is 0 Å². The van der Waals surface area contributed by atoms with E-state index < -0.39 is 17.8 Å². The van der Waals surface area contributed by atoms with E-state index in [1.165, 1.54) is 30.6 Å². The zero-order chi connectivity index (χ0) is 19.0. The van der Waals surface area contributed by atoms with Crippen molar-refractivity contribution in [2.75, 3.05) is 0 Å². The molecule has 4 nitrogen and oxygen atoms in total. The van der Waals surface area contributed by atoms with Crippen molar-refractivity contribution in [3.63, 3.8) is 0 Å². The van der Waals surface area contributed by atoms with Gasteiger partial charge in [-0.25, -0.2) is 8.78 Å². The lowest BCUT2D eigenvalue weighted by Crippen LogP contribution is -2.27. The highest BCUT2D eigenvalue weighted by molar-refractivity contribution is 5.98. The Balaban J connectivity index is 1.68. The lowest BCUT2D eigenvalue weighted by Gasteiger charge is -2.17. The summed E-state index contributed by atoms with van der Waals surface area (Å²) in [4.78, 5) is 20.7. The monoisotopic (exact) mass is 363 g/mol. The molecule has 1 N–H and O–H groups in total. The summed E-state index contributed by atoms with van der Waals surface area (Å²) in [7, 11) is 0. The lowest BCUT2D eigenvalue weighted by atomic mass is 9.99. The molecule has 6 heteroatoms. The lowest BCUT2D eigenvalue weighted by molar-refractivity contribution is 0.0936. The van der Waals surface area contributed by atoms with Crippen LogP contribution in [0.5, 0.6) is 0 Å². The zero-order valence-electron chi connectivity index (χ0n) is 14.4. The van der Waals surface area contributed by atoms with Gasteiger partial charge in [0.15, 0.2) is 0 Å². The van der Waals surface area contributed by atoms with Crippen LogP contribution in [0.1, 0.15) is 28.9 Å². The first-order valence-electron chi connectivity index (χ1n) is 8.43. The van der Waals surface area contributed by atoms with E-state index in [-0.39, 0.29) is 11.4 Å². The predicted molar refractivity (Wildman–Crippen MR) is 99.3 cm³/mol. The number of fused-ring (bicyclic) bond motifs is 2. The van der Waals surface area contributed by atoms with Crippen LogP contribution in [-0.2, 0) is 0 Å². The Labute approximate surface area is 153 Å². The minimum atomic E-state index is -0.670. The fraction of sp³-hybridized carbons (Fsp3) is 0.0952. The van der Waals surface area contributed by atoms with Crippen LogP contribution in [0.15, 0.2) is 60.9 Å². The average molecular weight is 363 g/mol. The van der Waals surface area contributed by atoms with Crippen molar-refractivity contribution < 1.29 is 13.6 Å². The molecule has 0 saturated heterocycles. The predicted octanol–water partition coefficient (Wildman–Crippen LogP) is 4.55. The first kappa shape index (κ1) is 17.0. The topological polar surface area (TPSA) is 54.9 Å². The van der Waals surface area contributed by atoms with Crippen LogP contribution in [0.2, 0.25) is 0 Å². The molecule has 1 aromatic heterocycles. The van der Waals surface area contributed by atoms with Crippen molar-refractivity contribution in [3.8, 4) is 0 Å². The number of rotatable bonds is 3. The van der Waals surface area contributed by atoms with Crippen LogP contribution in [-0.4, -0.2) is 15.9 Å². The van der Waals surface area contributed by atoms with Crippen molar-refractivity contribution in [2.24, 2.45) is 0 Å². The molecule has 0 radical (unpaired) electrons. The molecule has 1 unspecified atom stereocenters. The number of nitrogens with one attached hydrogen (secondary N) is 1. The van der Waals surface area contributed by atoms with Crippen LogP contribution < -0.4 is 5.32 Å². The number of hydrogen-bond acceptors (Lipinski definition) is 3. The van der Waals surface area contributed by atoms with Gasteiger partial charge < -0.3 is 5.32 Å². The molecule has 1 heterocycles. The molecule has 0 fully saturated rings. The fourth-order valence-corrected chi connectivity index (χ4v) is 3.17. The first-order chi connectivity index (χ1) is 13.0. The maximum absolute atomic E-state index is 14.4. The quantitative estimate of drug-likeness (QED) is 0.581. The SMILES string of the molecule is CC(NC(=O)c1cc2nccnc2cc1F)c1ccc(F)c2ccccc12. The molecule has 0 aliphatic carbocycles. The third-order valence-electron chi connectivity index (χ3n) is 4.52. The van der Waals surface area contributed by atoms with Gasteiger partial charge in [0, 0.05) is 23.8 Å². The molecule has 1 atom stereocenters. The van der Waals surface area contributed by atoms with E-state index in [2.05, 4.69) is 15.3 Å². The Kier molecular flexibility index (Phi) is 4.24. The minimum Gasteiger partial charge on any atom is -0.345 e. The van der Waals surface area contributed by atoms with Gasteiger partial charge in [-0.05, 0) is 30.0 Å². The fourth-order valence-electron chi connectivity index (χ4n) is 3.17. The second kappa shape index (κ2) is 6.72. The molecule has 134 valence electrons. The van der Waals surface area contributed by atoms with Gasteiger partial charge in [0.1, 0.15) is 11.6 Å². The third-order valence-corrected chi connectivity index (χ3v) is 4.52. The third kappa shape index (κ3) is 3.10.